The van der Waals surface area contributed by atoms with Gasteiger partial charge < -0.3 is 10.6 Å². The molecule has 1 aliphatic heterocycles. The second-order valence-corrected chi connectivity index (χ2v) is 2.69. The van der Waals surface area contributed by atoms with Gasteiger partial charge in [-0.1, -0.05) is 12.2 Å². The van der Waals surface area contributed by atoms with E-state index in [0.717, 1.165) is 6.54 Å². The molecule has 1 saturated heterocycles. The van der Waals surface area contributed by atoms with E-state index >= 15 is 0 Å². The zero-order chi connectivity index (χ0) is 7.23. The minimum absolute atomic E-state index is 0.647. The lowest BCUT2D eigenvalue weighted by Crippen LogP contribution is -2.18. The van der Waals surface area contributed by atoms with Gasteiger partial charge in [0.2, 0.25) is 0 Å². The quantitative estimate of drug-likeness (QED) is 0.558. The molecule has 1 fully saturated rings. The molecule has 2 nitrogen and oxygen atoms in total. The summed E-state index contributed by atoms with van der Waals surface area (Å²) in [4.78, 5) is 0. The average Bonchev–Trinajstić information content (AvgIpc) is 2.41. The summed E-state index contributed by atoms with van der Waals surface area (Å²) < 4.78 is 0. The second-order valence-electron chi connectivity index (χ2n) is 2.69. The van der Waals surface area contributed by atoms with Crippen LogP contribution < -0.4 is 10.6 Å². The van der Waals surface area contributed by atoms with Crippen molar-refractivity contribution in [2.75, 3.05) is 20.1 Å². The second kappa shape index (κ2) is 4.47. The summed E-state index contributed by atoms with van der Waals surface area (Å²) in [5, 5.41) is 6.48. The van der Waals surface area contributed by atoms with Crippen LogP contribution in [0.5, 0.6) is 0 Å². The van der Waals surface area contributed by atoms with Crippen molar-refractivity contribution in [2.45, 2.75) is 18.9 Å². The van der Waals surface area contributed by atoms with Crippen molar-refractivity contribution in [2.24, 2.45) is 0 Å². The van der Waals surface area contributed by atoms with Crippen molar-refractivity contribution in [1.82, 2.24) is 10.6 Å². The molecule has 0 spiro atoms. The smallest absolute Gasteiger partial charge is 0.0250 e. The van der Waals surface area contributed by atoms with Crippen LogP contribution in [0.2, 0.25) is 0 Å². The zero-order valence-corrected chi connectivity index (χ0v) is 6.56. The third-order valence-corrected chi connectivity index (χ3v) is 1.79. The van der Waals surface area contributed by atoms with Crippen molar-refractivity contribution in [3.05, 3.63) is 12.2 Å². The van der Waals surface area contributed by atoms with E-state index in [1.165, 1.54) is 19.4 Å². The van der Waals surface area contributed by atoms with Crippen LogP contribution >= 0.6 is 0 Å². The van der Waals surface area contributed by atoms with Crippen LogP contribution in [0.1, 0.15) is 12.8 Å². The van der Waals surface area contributed by atoms with Crippen molar-refractivity contribution >= 4 is 0 Å². The molecule has 0 radical (unpaired) electrons. The predicted octanol–water partition coefficient (Wildman–Crippen LogP) is 0.514. The highest BCUT2D eigenvalue weighted by atomic mass is 14.9. The minimum Gasteiger partial charge on any atom is -0.316 e. The lowest BCUT2D eigenvalue weighted by atomic mass is 10.2. The van der Waals surface area contributed by atoms with Gasteiger partial charge in [-0.05, 0) is 26.4 Å². The highest BCUT2D eigenvalue weighted by Gasteiger charge is 2.08. The molecule has 0 aromatic heterocycles. The molecule has 0 amide bonds. The molecule has 1 aliphatic rings. The van der Waals surface area contributed by atoms with Crippen LogP contribution in [0.3, 0.4) is 0 Å². The van der Waals surface area contributed by atoms with E-state index in [1.54, 1.807) is 0 Å². The maximum Gasteiger partial charge on any atom is 0.0250 e. The molecule has 58 valence electrons. The normalized spacial score (nSPS) is 26.3. The molecular formula is C8H16N2. The van der Waals surface area contributed by atoms with E-state index < -0.39 is 0 Å². The first kappa shape index (κ1) is 7.76. The Hall–Kier alpha value is -0.340. The van der Waals surface area contributed by atoms with E-state index in [4.69, 9.17) is 0 Å². The fourth-order valence-electron chi connectivity index (χ4n) is 1.23. The van der Waals surface area contributed by atoms with E-state index in [0.29, 0.717) is 6.04 Å². The molecule has 2 N–H and O–H groups in total. The molecule has 0 bridgehead atoms. The monoisotopic (exact) mass is 140 g/mol. The van der Waals surface area contributed by atoms with E-state index in [1.807, 2.05) is 7.05 Å². The Bertz CT molecular complexity index is 104. The van der Waals surface area contributed by atoms with Gasteiger partial charge in [0.05, 0.1) is 0 Å². The van der Waals surface area contributed by atoms with E-state index in [9.17, 15) is 0 Å². The largest absolute Gasteiger partial charge is 0.316 e. The van der Waals surface area contributed by atoms with Gasteiger partial charge in [0, 0.05) is 12.6 Å². The van der Waals surface area contributed by atoms with Crippen LogP contribution in [-0.4, -0.2) is 26.2 Å². The number of hydrogen-bond donors (Lipinski definition) is 2. The summed E-state index contributed by atoms with van der Waals surface area (Å²) in [6, 6.07) is 0.647. The van der Waals surface area contributed by atoms with Crippen LogP contribution in [0.25, 0.3) is 0 Å². The van der Waals surface area contributed by atoms with E-state index in [2.05, 4.69) is 22.8 Å². The van der Waals surface area contributed by atoms with Crippen molar-refractivity contribution in [3.63, 3.8) is 0 Å². The molecule has 0 aliphatic carbocycles. The zero-order valence-electron chi connectivity index (χ0n) is 6.56. The maximum absolute atomic E-state index is 3.40. The molecule has 2 heteroatoms. The molecular weight excluding hydrogens is 124 g/mol. The molecule has 0 saturated carbocycles. The number of likely N-dealkylation sites (N-methyl/N-ethyl adjacent to an activating group) is 1. The molecule has 1 unspecified atom stereocenters. The van der Waals surface area contributed by atoms with Gasteiger partial charge in [0.1, 0.15) is 0 Å². The Balaban J connectivity index is 2.10. The van der Waals surface area contributed by atoms with Gasteiger partial charge in [-0.15, -0.1) is 0 Å². The van der Waals surface area contributed by atoms with Crippen LogP contribution in [0, 0.1) is 0 Å². The molecule has 1 heterocycles. The third-order valence-electron chi connectivity index (χ3n) is 1.79. The predicted molar refractivity (Wildman–Crippen MR) is 44.1 cm³/mol. The summed E-state index contributed by atoms with van der Waals surface area (Å²) in [5.74, 6) is 0. The molecule has 10 heavy (non-hydrogen) atoms. The van der Waals surface area contributed by atoms with Gasteiger partial charge in [-0.3, -0.25) is 0 Å². The number of hydrogen-bond acceptors (Lipinski definition) is 2. The molecule has 0 aromatic carbocycles. The van der Waals surface area contributed by atoms with Gasteiger partial charge >= 0.3 is 0 Å². The number of nitrogens with one attached hydrogen (secondary N) is 2. The Morgan fingerprint density at radius 3 is 3.20 bits per heavy atom. The van der Waals surface area contributed by atoms with Crippen molar-refractivity contribution < 1.29 is 0 Å². The van der Waals surface area contributed by atoms with Gasteiger partial charge in [0.25, 0.3) is 0 Å². The van der Waals surface area contributed by atoms with Crippen molar-refractivity contribution in [1.29, 1.82) is 0 Å². The highest BCUT2D eigenvalue weighted by Crippen LogP contribution is 2.04. The van der Waals surface area contributed by atoms with Crippen LogP contribution in [0.4, 0.5) is 0 Å². The SMILES string of the molecule is CNC/C=C\C1CCCN1. The summed E-state index contributed by atoms with van der Waals surface area (Å²) >= 11 is 0. The Morgan fingerprint density at radius 1 is 1.70 bits per heavy atom. The summed E-state index contributed by atoms with van der Waals surface area (Å²) in [7, 11) is 1.96. The lowest BCUT2D eigenvalue weighted by Gasteiger charge is -2.01. The fraction of sp³-hybridized carbons (Fsp3) is 0.750. The molecule has 1 atom stereocenters. The average molecular weight is 140 g/mol. The van der Waals surface area contributed by atoms with E-state index in [-0.39, 0.29) is 0 Å². The Labute approximate surface area is 62.7 Å². The standard InChI is InChI=1S/C8H16N2/c1-9-6-2-4-8-5-3-7-10-8/h2,4,8-10H,3,5-7H2,1H3/b4-2-. The number of rotatable bonds is 3. The minimum atomic E-state index is 0.647. The first-order chi connectivity index (χ1) is 4.93. The van der Waals surface area contributed by atoms with Crippen molar-refractivity contribution in [3.8, 4) is 0 Å². The summed E-state index contributed by atoms with van der Waals surface area (Å²) in [5.41, 5.74) is 0. The first-order valence-corrected chi connectivity index (χ1v) is 3.98. The Morgan fingerprint density at radius 2 is 2.60 bits per heavy atom. The Kier molecular flexibility index (Phi) is 3.47. The first-order valence-electron chi connectivity index (χ1n) is 3.98. The fourth-order valence-corrected chi connectivity index (χ4v) is 1.23. The summed E-state index contributed by atoms with van der Waals surface area (Å²) in [6.45, 7) is 2.17. The topological polar surface area (TPSA) is 24.1 Å². The van der Waals surface area contributed by atoms with Crippen LogP contribution in [-0.2, 0) is 0 Å². The van der Waals surface area contributed by atoms with Gasteiger partial charge in [0.15, 0.2) is 0 Å². The molecule has 1 rings (SSSR count). The highest BCUT2D eigenvalue weighted by molar-refractivity contribution is 4.96. The van der Waals surface area contributed by atoms with Gasteiger partial charge in [-0.25, -0.2) is 0 Å². The van der Waals surface area contributed by atoms with Gasteiger partial charge in [-0.2, -0.15) is 0 Å². The van der Waals surface area contributed by atoms with Crippen LogP contribution in [0.15, 0.2) is 12.2 Å². The lowest BCUT2D eigenvalue weighted by molar-refractivity contribution is 0.723. The summed E-state index contributed by atoms with van der Waals surface area (Å²) in [6.07, 6.45) is 7.07. The molecule has 0 aromatic rings. The third kappa shape index (κ3) is 2.50. The maximum atomic E-state index is 3.40.